The first-order chi connectivity index (χ1) is 6.68. The third kappa shape index (κ3) is 1.95. The van der Waals surface area contributed by atoms with Crippen molar-refractivity contribution in [2.24, 2.45) is 11.8 Å². The highest BCUT2D eigenvalue weighted by atomic mass is 15.2. The topological polar surface area (TPSA) is 18.5 Å². The van der Waals surface area contributed by atoms with Gasteiger partial charge >= 0.3 is 0 Å². The normalized spacial score (nSPS) is 38.1. The fourth-order valence-electron chi connectivity index (χ4n) is 2.88. The van der Waals surface area contributed by atoms with E-state index < -0.39 is 0 Å². The molecular formula is C11H23N3. The molecule has 0 radical (unpaired) electrons. The number of nitrogens with one attached hydrogen (secondary N) is 1. The molecule has 2 fully saturated rings. The fourth-order valence-corrected chi connectivity index (χ4v) is 2.88. The lowest BCUT2D eigenvalue weighted by atomic mass is 9.95. The van der Waals surface area contributed by atoms with Crippen molar-refractivity contribution in [2.75, 3.05) is 46.8 Å². The zero-order valence-corrected chi connectivity index (χ0v) is 9.66. The number of likely N-dealkylation sites (tertiary alicyclic amines) is 1. The summed E-state index contributed by atoms with van der Waals surface area (Å²) in [6.45, 7) is 8.62. The molecule has 82 valence electrons. The molecule has 0 spiro atoms. The van der Waals surface area contributed by atoms with Gasteiger partial charge in [0.15, 0.2) is 0 Å². The Morgan fingerprint density at radius 1 is 1.36 bits per heavy atom. The van der Waals surface area contributed by atoms with Gasteiger partial charge in [0, 0.05) is 25.7 Å². The SMILES string of the molecule is CC1C2CNCC2CN1CCN(C)C. The predicted molar refractivity (Wildman–Crippen MR) is 59.4 cm³/mol. The Morgan fingerprint density at radius 2 is 2.14 bits per heavy atom. The van der Waals surface area contributed by atoms with Gasteiger partial charge in [-0.1, -0.05) is 0 Å². The first-order valence-corrected chi connectivity index (χ1v) is 5.78. The lowest BCUT2D eigenvalue weighted by Gasteiger charge is -2.25. The molecule has 0 bridgehead atoms. The van der Waals surface area contributed by atoms with Crippen LogP contribution in [0.1, 0.15) is 6.92 Å². The van der Waals surface area contributed by atoms with Crippen LogP contribution in [0.5, 0.6) is 0 Å². The van der Waals surface area contributed by atoms with Crippen molar-refractivity contribution in [3.63, 3.8) is 0 Å². The summed E-state index contributed by atoms with van der Waals surface area (Å²) < 4.78 is 0. The third-order valence-corrected chi connectivity index (χ3v) is 3.89. The van der Waals surface area contributed by atoms with Crippen molar-refractivity contribution in [1.29, 1.82) is 0 Å². The summed E-state index contributed by atoms with van der Waals surface area (Å²) in [4.78, 5) is 4.94. The Kier molecular flexibility index (Phi) is 3.10. The van der Waals surface area contributed by atoms with E-state index in [0.29, 0.717) is 0 Å². The quantitative estimate of drug-likeness (QED) is 0.692. The molecule has 3 nitrogen and oxygen atoms in total. The lowest BCUT2D eigenvalue weighted by molar-refractivity contribution is 0.215. The maximum atomic E-state index is 3.50. The van der Waals surface area contributed by atoms with Gasteiger partial charge in [-0.25, -0.2) is 0 Å². The number of fused-ring (bicyclic) bond motifs is 1. The summed E-state index contributed by atoms with van der Waals surface area (Å²) in [7, 11) is 4.31. The van der Waals surface area contributed by atoms with Crippen LogP contribution in [0.15, 0.2) is 0 Å². The zero-order chi connectivity index (χ0) is 10.1. The molecule has 2 rings (SSSR count). The highest BCUT2D eigenvalue weighted by Gasteiger charge is 2.41. The van der Waals surface area contributed by atoms with Gasteiger partial charge in [-0.2, -0.15) is 0 Å². The van der Waals surface area contributed by atoms with Crippen molar-refractivity contribution in [3.8, 4) is 0 Å². The standard InChI is InChI=1S/C11H23N3/c1-9-11-7-12-6-10(11)8-14(9)5-4-13(2)3/h9-12H,4-8H2,1-3H3. The molecular weight excluding hydrogens is 174 g/mol. The zero-order valence-electron chi connectivity index (χ0n) is 9.66. The molecule has 2 saturated heterocycles. The summed E-state index contributed by atoms with van der Waals surface area (Å²) in [6, 6.07) is 0.787. The second-order valence-electron chi connectivity index (χ2n) is 5.12. The van der Waals surface area contributed by atoms with Crippen molar-refractivity contribution in [2.45, 2.75) is 13.0 Å². The van der Waals surface area contributed by atoms with Crippen molar-refractivity contribution >= 4 is 0 Å². The number of nitrogens with zero attached hydrogens (tertiary/aromatic N) is 2. The fraction of sp³-hybridized carbons (Fsp3) is 1.00. The highest BCUT2D eigenvalue weighted by molar-refractivity contribution is 4.96. The molecule has 2 aliphatic heterocycles. The minimum absolute atomic E-state index is 0.787. The average Bonchev–Trinajstić information content (AvgIpc) is 2.66. The van der Waals surface area contributed by atoms with Crippen molar-refractivity contribution in [3.05, 3.63) is 0 Å². The summed E-state index contributed by atoms with van der Waals surface area (Å²) in [6.07, 6.45) is 0. The van der Waals surface area contributed by atoms with Gasteiger partial charge < -0.3 is 10.2 Å². The highest BCUT2D eigenvalue weighted by Crippen LogP contribution is 2.31. The number of likely N-dealkylation sites (N-methyl/N-ethyl adjacent to an activating group) is 1. The lowest BCUT2D eigenvalue weighted by Crippen LogP contribution is -2.37. The molecule has 3 heteroatoms. The molecule has 0 aromatic carbocycles. The Bertz CT molecular complexity index is 193. The smallest absolute Gasteiger partial charge is 0.0112 e. The molecule has 0 saturated carbocycles. The molecule has 1 N–H and O–H groups in total. The maximum Gasteiger partial charge on any atom is 0.0112 e. The van der Waals surface area contributed by atoms with Crippen LogP contribution < -0.4 is 5.32 Å². The van der Waals surface area contributed by atoms with Gasteiger partial charge in [0.2, 0.25) is 0 Å². The molecule has 3 unspecified atom stereocenters. The van der Waals surface area contributed by atoms with Gasteiger partial charge in [0.1, 0.15) is 0 Å². The van der Waals surface area contributed by atoms with Crippen molar-refractivity contribution in [1.82, 2.24) is 15.1 Å². The summed E-state index contributed by atoms with van der Waals surface area (Å²) in [5, 5.41) is 3.50. The van der Waals surface area contributed by atoms with E-state index in [1.165, 1.54) is 32.7 Å². The first kappa shape index (κ1) is 10.4. The summed E-state index contributed by atoms with van der Waals surface area (Å²) in [5.41, 5.74) is 0. The largest absolute Gasteiger partial charge is 0.316 e. The second-order valence-corrected chi connectivity index (χ2v) is 5.12. The molecule has 0 aromatic rings. The molecule has 0 amide bonds. The monoisotopic (exact) mass is 197 g/mol. The van der Waals surface area contributed by atoms with E-state index in [1.807, 2.05) is 0 Å². The number of rotatable bonds is 3. The van der Waals surface area contributed by atoms with Crippen LogP contribution in [-0.2, 0) is 0 Å². The minimum atomic E-state index is 0.787. The van der Waals surface area contributed by atoms with Crippen LogP contribution in [0.3, 0.4) is 0 Å². The summed E-state index contributed by atoms with van der Waals surface area (Å²) >= 11 is 0. The molecule has 0 aromatic heterocycles. The molecule has 14 heavy (non-hydrogen) atoms. The van der Waals surface area contributed by atoms with Gasteiger partial charge in [0.05, 0.1) is 0 Å². The average molecular weight is 197 g/mol. The predicted octanol–water partition coefficient (Wildman–Crippen LogP) is 0.0877. The Hall–Kier alpha value is -0.120. The number of hydrogen-bond acceptors (Lipinski definition) is 3. The van der Waals surface area contributed by atoms with Crippen LogP contribution in [0.4, 0.5) is 0 Å². The second kappa shape index (κ2) is 4.17. The maximum absolute atomic E-state index is 3.50. The van der Waals surface area contributed by atoms with E-state index in [2.05, 4.69) is 36.1 Å². The van der Waals surface area contributed by atoms with E-state index in [4.69, 9.17) is 0 Å². The van der Waals surface area contributed by atoms with Crippen LogP contribution in [0.2, 0.25) is 0 Å². The first-order valence-electron chi connectivity index (χ1n) is 5.78. The number of hydrogen-bond donors (Lipinski definition) is 1. The molecule has 0 aliphatic carbocycles. The van der Waals surface area contributed by atoms with Crippen LogP contribution >= 0.6 is 0 Å². The molecule has 3 atom stereocenters. The van der Waals surface area contributed by atoms with E-state index in [1.54, 1.807) is 0 Å². The molecule has 2 aliphatic rings. The van der Waals surface area contributed by atoms with Crippen molar-refractivity contribution < 1.29 is 0 Å². The summed E-state index contributed by atoms with van der Waals surface area (Å²) in [5.74, 6) is 1.84. The van der Waals surface area contributed by atoms with Gasteiger partial charge in [0.25, 0.3) is 0 Å². The van der Waals surface area contributed by atoms with E-state index >= 15 is 0 Å². The minimum Gasteiger partial charge on any atom is -0.316 e. The van der Waals surface area contributed by atoms with E-state index in [-0.39, 0.29) is 0 Å². The van der Waals surface area contributed by atoms with Gasteiger partial charge in [-0.15, -0.1) is 0 Å². The Balaban J connectivity index is 1.84. The van der Waals surface area contributed by atoms with Crippen LogP contribution in [-0.4, -0.2) is 62.7 Å². The third-order valence-electron chi connectivity index (χ3n) is 3.89. The van der Waals surface area contributed by atoms with Crippen LogP contribution in [0.25, 0.3) is 0 Å². The van der Waals surface area contributed by atoms with E-state index in [9.17, 15) is 0 Å². The van der Waals surface area contributed by atoms with Crippen LogP contribution in [0, 0.1) is 11.8 Å². The van der Waals surface area contributed by atoms with Gasteiger partial charge in [-0.05, 0) is 45.9 Å². The van der Waals surface area contributed by atoms with E-state index in [0.717, 1.165) is 17.9 Å². The van der Waals surface area contributed by atoms with Gasteiger partial charge in [-0.3, -0.25) is 4.90 Å². The Morgan fingerprint density at radius 3 is 2.79 bits per heavy atom. The molecule has 2 heterocycles. The Labute approximate surface area is 87.4 Å².